The average Bonchev–Trinajstić information content (AvgIpc) is 2.97. The first kappa shape index (κ1) is 22.9. The molecule has 0 aliphatic heterocycles. The third kappa shape index (κ3) is 3.61. The summed E-state index contributed by atoms with van der Waals surface area (Å²) in [6, 6.07) is 33.5. The Bertz CT molecular complexity index is 2170. The SMILES string of the molecule is Cc1ccc(-c2cc(C(=O)c3ccc4ccccc4c3O)cc3c(=O)c4ccc5ccccc5c4oc23)cc1. The van der Waals surface area contributed by atoms with Crippen molar-refractivity contribution in [1.82, 2.24) is 0 Å². The van der Waals surface area contributed by atoms with Crippen molar-refractivity contribution in [3.05, 3.63) is 136 Å². The summed E-state index contributed by atoms with van der Waals surface area (Å²) in [5.74, 6) is -0.446. The highest BCUT2D eigenvalue weighted by molar-refractivity contribution is 6.16. The minimum atomic E-state index is -0.369. The molecular formula is C35H22O4. The zero-order valence-electron chi connectivity index (χ0n) is 21.1. The van der Waals surface area contributed by atoms with Gasteiger partial charge in [0.25, 0.3) is 0 Å². The maximum Gasteiger partial charge on any atom is 0.200 e. The number of aryl methyl sites for hydroxylation is 1. The summed E-state index contributed by atoms with van der Waals surface area (Å²) in [6.45, 7) is 2.00. The summed E-state index contributed by atoms with van der Waals surface area (Å²) < 4.78 is 6.52. The van der Waals surface area contributed by atoms with Crippen LogP contribution in [0.1, 0.15) is 21.5 Å². The van der Waals surface area contributed by atoms with Crippen LogP contribution in [-0.4, -0.2) is 10.9 Å². The molecule has 0 atom stereocenters. The van der Waals surface area contributed by atoms with Crippen molar-refractivity contribution < 1.29 is 14.3 Å². The predicted molar refractivity (Wildman–Crippen MR) is 157 cm³/mol. The molecule has 0 radical (unpaired) electrons. The Morgan fingerprint density at radius 3 is 2.10 bits per heavy atom. The first-order chi connectivity index (χ1) is 19.0. The Morgan fingerprint density at radius 2 is 1.33 bits per heavy atom. The van der Waals surface area contributed by atoms with Crippen molar-refractivity contribution in [2.45, 2.75) is 6.92 Å². The molecule has 0 spiro atoms. The third-order valence-electron chi connectivity index (χ3n) is 7.43. The van der Waals surface area contributed by atoms with Crippen LogP contribution in [0.4, 0.5) is 0 Å². The fourth-order valence-electron chi connectivity index (χ4n) is 5.36. The van der Waals surface area contributed by atoms with Crippen LogP contribution in [0, 0.1) is 6.92 Å². The van der Waals surface area contributed by atoms with E-state index in [9.17, 15) is 14.7 Å². The molecule has 1 aromatic heterocycles. The molecule has 0 fully saturated rings. The van der Waals surface area contributed by atoms with E-state index in [4.69, 9.17) is 4.42 Å². The van der Waals surface area contributed by atoms with Crippen LogP contribution in [0.3, 0.4) is 0 Å². The number of aromatic hydroxyl groups is 1. The Morgan fingerprint density at radius 1 is 0.667 bits per heavy atom. The van der Waals surface area contributed by atoms with Gasteiger partial charge in [-0.3, -0.25) is 9.59 Å². The minimum Gasteiger partial charge on any atom is -0.507 e. The predicted octanol–water partition coefficient (Wildman–Crippen LogP) is 8.16. The van der Waals surface area contributed by atoms with Crippen molar-refractivity contribution in [3.63, 3.8) is 0 Å². The lowest BCUT2D eigenvalue weighted by molar-refractivity contribution is 0.103. The number of carbonyl (C=O) groups excluding carboxylic acids is 1. The molecule has 0 unspecified atom stereocenters. The Kier molecular flexibility index (Phi) is 5.10. The summed E-state index contributed by atoms with van der Waals surface area (Å²) in [5.41, 5.74) is 3.78. The van der Waals surface area contributed by atoms with Gasteiger partial charge >= 0.3 is 0 Å². The number of fused-ring (bicyclic) bond motifs is 5. The molecule has 0 aliphatic rings. The zero-order chi connectivity index (χ0) is 26.7. The largest absolute Gasteiger partial charge is 0.507 e. The highest BCUT2D eigenvalue weighted by Crippen LogP contribution is 2.36. The van der Waals surface area contributed by atoms with Gasteiger partial charge in [0.2, 0.25) is 5.43 Å². The lowest BCUT2D eigenvalue weighted by Crippen LogP contribution is -2.07. The monoisotopic (exact) mass is 506 g/mol. The summed E-state index contributed by atoms with van der Waals surface area (Å²) >= 11 is 0. The van der Waals surface area contributed by atoms with Crippen LogP contribution in [0.2, 0.25) is 0 Å². The molecule has 39 heavy (non-hydrogen) atoms. The number of rotatable bonds is 3. The smallest absolute Gasteiger partial charge is 0.200 e. The molecule has 1 heterocycles. The second-order valence-corrected chi connectivity index (χ2v) is 9.87. The molecule has 7 rings (SSSR count). The molecule has 1 N–H and O–H groups in total. The van der Waals surface area contributed by atoms with Crippen LogP contribution in [0.25, 0.3) is 54.6 Å². The van der Waals surface area contributed by atoms with Gasteiger partial charge in [-0.1, -0.05) is 90.5 Å². The van der Waals surface area contributed by atoms with E-state index in [1.54, 1.807) is 30.3 Å². The number of phenolic OH excluding ortho intramolecular Hbond substituents is 1. The Labute approximate surface area is 223 Å². The summed E-state index contributed by atoms with van der Waals surface area (Å²) in [7, 11) is 0. The Hall–Kier alpha value is -5.22. The van der Waals surface area contributed by atoms with Gasteiger partial charge < -0.3 is 9.52 Å². The molecular weight excluding hydrogens is 484 g/mol. The molecule has 0 saturated carbocycles. The standard InChI is InChI=1S/C35H22O4/c1-20-10-12-23(13-11-20)29-18-24(31(36)27-16-14-21-6-2-4-8-25(21)32(27)37)19-30-33(38)28-17-15-22-7-3-5-9-26(22)34(28)39-35(29)30/h2-19,37H,1H3. The molecule has 0 amide bonds. The quantitative estimate of drug-likeness (QED) is 0.149. The number of ketones is 1. The summed E-state index contributed by atoms with van der Waals surface area (Å²) in [5, 5.41) is 15.0. The van der Waals surface area contributed by atoms with Gasteiger partial charge in [-0.2, -0.15) is 0 Å². The first-order valence-corrected chi connectivity index (χ1v) is 12.7. The molecule has 0 bridgehead atoms. The Balaban J connectivity index is 1.54. The van der Waals surface area contributed by atoms with Gasteiger partial charge in [0, 0.05) is 21.9 Å². The average molecular weight is 507 g/mol. The van der Waals surface area contributed by atoms with Gasteiger partial charge in [-0.15, -0.1) is 0 Å². The number of benzene rings is 6. The topological polar surface area (TPSA) is 67.5 Å². The number of hydrogen-bond donors (Lipinski definition) is 1. The maximum absolute atomic E-state index is 13.9. The van der Waals surface area contributed by atoms with E-state index in [2.05, 4.69) is 0 Å². The van der Waals surface area contributed by atoms with Gasteiger partial charge in [-0.05, 0) is 47.5 Å². The fraction of sp³-hybridized carbons (Fsp3) is 0.0286. The van der Waals surface area contributed by atoms with Crippen molar-refractivity contribution in [3.8, 4) is 16.9 Å². The van der Waals surface area contributed by atoms with E-state index in [0.717, 1.165) is 27.3 Å². The first-order valence-electron chi connectivity index (χ1n) is 12.7. The van der Waals surface area contributed by atoms with Crippen LogP contribution in [-0.2, 0) is 0 Å². The molecule has 6 aromatic carbocycles. The number of phenols is 1. The number of carbonyl (C=O) groups is 1. The van der Waals surface area contributed by atoms with E-state index in [1.807, 2.05) is 85.8 Å². The van der Waals surface area contributed by atoms with Crippen molar-refractivity contribution in [2.75, 3.05) is 0 Å². The second-order valence-electron chi connectivity index (χ2n) is 9.87. The van der Waals surface area contributed by atoms with Crippen molar-refractivity contribution in [2.24, 2.45) is 0 Å². The van der Waals surface area contributed by atoms with Crippen molar-refractivity contribution in [1.29, 1.82) is 0 Å². The lowest BCUT2D eigenvalue weighted by Gasteiger charge is -2.13. The molecule has 7 aromatic rings. The molecule has 0 aliphatic carbocycles. The van der Waals surface area contributed by atoms with E-state index >= 15 is 0 Å². The van der Waals surface area contributed by atoms with Crippen LogP contribution < -0.4 is 5.43 Å². The van der Waals surface area contributed by atoms with Crippen molar-refractivity contribution >= 4 is 49.3 Å². The van der Waals surface area contributed by atoms with E-state index in [0.29, 0.717) is 38.5 Å². The summed E-state index contributed by atoms with van der Waals surface area (Å²) in [4.78, 5) is 27.8. The highest BCUT2D eigenvalue weighted by Gasteiger charge is 2.21. The van der Waals surface area contributed by atoms with Gasteiger partial charge in [0.1, 0.15) is 16.9 Å². The maximum atomic E-state index is 13.9. The lowest BCUT2D eigenvalue weighted by atomic mass is 9.93. The normalized spacial score (nSPS) is 11.5. The van der Waals surface area contributed by atoms with E-state index in [-0.39, 0.29) is 22.5 Å². The zero-order valence-corrected chi connectivity index (χ0v) is 21.1. The third-order valence-corrected chi connectivity index (χ3v) is 7.43. The van der Waals surface area contributed by atoms with Crippen LogP contribution in [0.15, 0.2) is 118 Å². The second kappa shape index (κ2) is 8.67. The van der Waals surface area contributed by atoms with Gasteiger partial charge in [-0.25, -0.2) is 0 Å². The molecule has 186 valence electrons. The van der Waals surface area contributed by atoms with Gasteiger partial charge in [0.15, 0.2) is 5.78 Å². The highest BCUT2D eigenvalue weighted by atomic mass is 16.3. The van der Waals surface area contributed by atoms with Crippen LogP contribution in [0.5, 0.6) is 5.75 Å². The minimum absolute atomic E-state index is 0.0768. The number of hydrogen-bond acceptors (Lipinski definition) is 4. The van der Waals surface area contributed by atoms with Crippen LogP contribution >= 0.6 is 0 Å². The van der Waals surface area contributed by atoms with Gasteiger partial charge in [0.05, 0.1) is 16.3 Å². The molecule has 4 heteroatoms. The van der Waals surface area contributed by atoms with E-state index < -0.39 is 0 Å². The molecule has 4 nitrogen and oxygen atoms in total. The molecule has 0 saturated heterocycles. The van der Waals surface area contributed by atoms with E-state index in [1.165, 1.54) is 0 Å². The summed E-state index contributed by atoms with van der Waals surface area (Å²) in [6.07, 6.45) is 0. The fourth-order valence-corrected chi connectivity index (χ4v) is 5.36.